The van der Waals surface area contributed by atoms with Crippen molar-refractivity contribution in [1.82, 2.24) is 19.6 Å². The fourth-order valence-electron chi connectivity index (χ4n) is 3.73. The average Bonchev–Trinajstić information content (AvgIpc) is 3.10. The number of amides is 1. The van der Waals surface area contributed by atoms with Crippen LogP contribution in [0.2, 0.25) is 0 Å². The van der Waals surface area contributed by atoms with E-state index in [9.17, 15) is 18.0 Å². The third-order valence-corrected chi connectivity index (χ3v) is 5.13. The number of rotatable bonds is 3. The topological polar surface area (TPSA) is 75.4 Å². The van der Waals surface area contributed by atoms with Crippen molar-refractivity contribution in [3.8, 4) is 0 Å². The number of nitrogens with one attached hydrogen (secondary N) is 1. The number of anilines is 2. The van der Waals surface area contributed by atoms with Crippen molar-refractivity contribution in [3.05, 3.63) is 47.4 Å². The van der Waals surface area contributed by atoms with E-state index in [1.807, 2.05) is 19.9 Å². The second-order valence-corrected chi connectivity index (χ2v) is 7.56. The van der Waals surface area contributed by atoms with E-state index in [1.54, 1.807) is 23.1 Å². The molecule has 158 valence electrons. The van der Waals surface area contributed by atoms with E-state index >= 15 is 0 Å². The standard InChI is InChI=1S/C20H21F3N6O/c1-12-8-13(2)25-16(9-12)26-19(30)15-10-24-17-5-6-18(27-29(15)17)28-7-3-4-14(11-28)20(21,22)23/h5-6,8-10,14H,3-4,7,11H2,1-2H3,(H,25,26,30). The third-order valence-electron chi connectivity index (χ3n) is 5.13. The minimum atomic E-state index is -4.23. The Labute approximate surface area is 170 Å². The summed E-state index contributed by atoms with van der Waals surface area (Å²) in [6.45, 7) is 4.06. The number of hydrogen-bond acceptors (Lipinski definition) is 5. The lowest BCUT2D eigenvalue weighted by molar-refractivity contribution is -0.176. The van der Waals surface area contributed by atoms with Gasteiger partial charge in [-0.3, -0.25) is 4.79 Å². The molecule has 1 N–H and O–H groups in total. The minimum Gasteiger partial charge on any atom is -0.355 e. The van der Waals surface area contributed by atoms with Crippen molar-refractivity contribution in [2.75, 3.05) is 23.3 Å². The number of carbonyl (C=O) groups excluding carboxylic acids is 1. The van der Waals surface area contributed by atoms with E-state index in [0.717, 1.165) is 11.3 Å². The first kappa shape index (κ1) is 20.1. The normalized spacial score (nSPS) is 17.4. The van der Waals surface area contributed by atoms with E-state index in [2.05, 4.69) is 20.4 Å². The number of hydrogen-bond donors (Lipinski definition) is 1. The van der Waals surface area contributed by atoms with Gasteiger partial charge in [0.15, 0.2) is 11.3 Å². The van der Waals surface area contributed by atoms with Crippen molar-refractivity contribution in [3.63, 3.8) is 0 Å². The summed E-state index contributed by atoms with van der Waals surface area (Å²) in [5.41, 5.74) is 2.34. The highest BCUT2D eigenvalue weighted by atomic mass is 19.4. The molecule has 1 aliphatic rings. The number of pyridine rings is 1. The van der Waals surface area contributed by atoms with Crippen LogP contribution in [0.15, 0.2) is 30.5 Å². The van der Waals surface area contributed by atoms with Gasteiger partial charge in [0.05, 0.1) is 12.1 Å². The van der Waals surface area contributed by atoms with E-state index in [4.69, 9.17) is 0 Å². The second kappa shape index (κ2) is 7.58. The lowest BCUT2D eigenvalue weighted by Crippen LogP contribution is -2.42. The summed E-state index contributed by atoms with van der Waals surface area (Å²) in [7, 11) is 0. The van der Waals surface area contributed by atoms with Gasteiger partial charge in [0.1, 0.15) is 11.6 Å². The molecule has 1 amide bonds. The van der Waals surface area contributed by atoms with Gasteiger partial charge in [0.2, 0.25) is 0 Å². The summed E-state index contributed by atoms with van der Waals surface area (Å²) >= 11 is 0. The second-order valence-electron chi connectivity index (χ2n) is 7.56. The summed E-state index contributed by atoms with van der Waals surface area (Å²) in [5, 5.41) is 7.14. The molecule has 0 saturated carbocycles. The SMILES string of the molecule is Cc1cc(C)nc(NC(=O)c2cnc3ccc(N4CCCC(C(F)(F)F)C4)nn23)c1. The predicted octanol–water partition coefficient (Wildman–Crippen LogP) is 3.77. The molecule has 1 atom stereocenters. The Hall–Kier alpha value is -3.17. The summed E-state index contributed by atoms with van der Waals surface area (Å²) in [4.78, 5) is 22.8. The van der Waals surface area contributed by atoms with Crippen LogP contribution in [0.3, 0.4) is 0 Å². The van der Waals surface area contributed by atoms with Crippen LogP contribution >= 0.6 is 0 Å². The van der Waals surface area contributed by atoms with Gasteiger partial charge in [-0.2, -0.15) is 13.2 Å². The molecule has 30 heavy (non-hydrogen) atoms. The Kier molecular flexibility index (Phi) is 5.08. The number of carbonyl (C=O) groups is 1. The fraction of sp³-hybridized carbons (Fsp3) is 0.400. The Morgan fingerprint density at radius 1 is 1.23 bits per heavy atom. The van der Waals surface area contributed by atoms with E-state index in [1.165, 1.54) is 10.7 Å². The van der Waals surface area contributed by atoms with Gasteiger partial charge in [0.25, 0.3) is 5.91 Å². The smallest absolute Gasteiger partial charge is 0.355 e. The number of fused-ring (bicyclic) bond motifs is 1. The van der Waals surface area contributed by atoms with Gasteiger partial charge in [-0.1, -0.05) is 0 Å². The first-order valence-corrected chi connectivity index (χ1v) is 9.64. The molecule has 3 aromatic rings. The molecule has 1 unspecified atom stereocenters. The number of imidazole rings is 1. The molecule has 3 aromatic heterocycles. The highest BCUT2D eigenvalue weighted by Gasteiger charge is 2.42. The molecule has 1 saturated heterocycles. The van der Waals surface area contributed by atoms with Crippen LogP contribution in [0.5, 0.6) is 0 Å². The average molecular weight is 418 g/mol. The van der Waals surface area contributed by atoms with Gasteiger partial charge >= 0.3 is 6.18 Å². The molecule has 7 nitrogen and oxygen atoms in total. The molecule has 0 bridgehead atoms. The lowest BCUT2D eigenvalue weighted by Gasteiger charge is -2.34. The minimum absolute atomic E-state index is 0.115. The van der Waals surface area contributed by atoms with E-state index in [-0.39, 0.29) is 18.7 Å². The number of nitrogens with zero attached hydrogens (tertiary/aromatic N) is 5. The highest BCUT2D eigenvalue weighted by molar-refractivity contribution is 6.02. The summed E-state index contributed by atoms with van der Waals surface area (Å²) in [6.07, 6.45) is -2.30. The molecule has 0 radical (unpaired) electrons. The maximum Gasteiger partial charge on any atom is 0.393 e. The van der Waals surface area contributed by atoms with Crippen LogP contribution in [-0.2, 0) is 0 Å². The first-order valence-electron chi connectivity index (χ1n) is 9.64. The molecule has 10 heteroatoms. The number of aryl methyl sites for hydroxylation is 2. The molecule has 0 aromatic carbocycles. The number of alkyl halides is 3. The van der Waals surface area contributed by atoms with Crippen molar-refractivity contribution in [2.45, 2.75) is 32.9 Å². The van der Waals surface area contributed by atoms with Crippen molar-refractivity contribution < 1.29 is 18.0 Å². The van der Waals surface area contributed by atoms with Crippen molar-refractivity contribution in [2.24, 2.45) is 5.92 Å². The van der Waals surface area contributed by atoms with Crippen LogP contribution in [0, 0.1) is 19.8 Å². The Morgan fingerprint density at radius 2 is 2.03 bits per heavy atom. The lowest BCUT2D eigenvalue weighted by atomic mass is 9.97. The molecule has 1 fully saturated rings. The number of halogens is 3. The number of piperidine rings is 1. The largest absolute Gasteiger partial charge is 0.393 e. The molecular formula is C20H21F3N6O. The van der Waals surface area contributed by atoms with Crippen LogP contribution in [-0.4, -0.2) is 44.8 Å². The molecule has 4 rings (SSSR count). The van der Waals surface area contributed by atoms with Gasteiger partial charge < -0.3 is 10.2 Å². The molecule has 4 heterocycles. The van der Waals surface area contributed by atoms with Gasteiger partial charge in [0, 0.05) is 18.8 Å². The van der Waals surface area contributed by atoms with Gasteiger partial charge in [-0.05, 0) is 56.5 Å². The predicted molar refractivity (Wildman–Crippen MR) is 106 cm³/mol. The molecule has 0 spiro atoms. The van der Waals surface area contributed by atoms with Gasteiger partial charge in [-0.25, -0.2) is 14.5 Å². The summed E-state index contributed by atoms with van der Waals surface area (Å²) in [6, 6.07) is 6.92. The van der Waals surface area contributed by atoms with Crippen LogP contribution in [0.4, 0.5) is 24.8 Å². The van der Waals surface area contributed by atoms with E-state index in [0.29, 0.717) is 30.2 Å². The maximum atomic E-state index is 13.1. The van der Waals surface area contributed by atoms with Crippen LogP contribution in [0.25, 0.3) is 5.65 Å². The zero-order valence-corrected chi connectivity index (χ0v) is 16.6. The summed E-state index contributed by atoms with van der Waals surface area (Å²) < 4.78 is 40.8. The zero-order chi connectivity index (χ0) is 21.5. The Morgan fingerprint density at radius 3 is 2.77 bits per heavy atom. The fourth-order valence-corrected chi connectivity index (χ4v) is 3.73. The van der Waals surface area contributed by atoms with Crippen LogP contribution in [0.1, 0.15) is 34.6 Å². The third kappa shape index (κ3) is 4.07. The molecule has 0 aliphatic carbocycles. The Bertz CT molecular complexity index is 1070. The quantitative estimate of drug-likeness (QED) is 0.701. The maximum absolute atomic E-state index is 13.1. The Balaban J connectivity index is 1.60. The molecular weight excluding hydrogens is 397 g/mol. The summed E-state index contributed by atoms with van der Waals surface area (Å²) in [5.74, 6) is -1.04. The van der Waals surface area contributed by atoms with Crippen molar-refractivity contribution in [1.29, 1.82) is 0 Å². The highest BCUT2D eigenvalue weighted by Crippen LogP contribution is 2.34. The van der Waals surface area contributed by atoms with Gasteiger partial charge in [-0.15, -0.1) is 5.10 Å². The van der Waals surface area contributed by atoms with E-state index < -0.39 is 18.0 Å². The molecule has 1 aliphatic heterocycles. The zero-order valence-electron chi connectivity index (χ0n) is 16.6. The number of aromatic nitrogens is 4. The first-order chi connectivity index (χ1) is 14.2. The monoisotopic (exact) mass is 418 g/mol. The van der Waals surface area contributed by atoms with Crippen molar-refractivity contribution >= 4 is 23.2 Å². The van der Waals surface area contributed by atoms with Crippen LogP contribution < -0.4 is 10.2 Å².